The van der Waals surface area contributed by atoms with Gasteiger partial charge >= 0.3 is 0 Å². The molecule has 17 heavy (non-hydrogen) atoms. The third kappa shape index (κ3) is 3.52. The minimum Gasteiger partial charge on any atom is -0.310 e. The first kappa shape index (κ1) is 14.7. The molecule has 3 heteroatoms. The maximum absolute atomic E-state index is 13.9. The predicted octanol–water partition coefficient (Wildman–Crippen LogP) is 4.68. The fraction of sp³-hybridized carbons (Fsp3) is 0.571. The van der Waals surface area contributed by atoms with E-state index in [9.17, 15) is 4.39 Å². The van der Waals surface area contributed by atoms with E-state index in [4.69, 9.17) is 0 Å². The van der Waals surface area contributed by atoms with Crippen molar-refractivity contribution >= 4 is 15.9 Å². The van der Waals surface area contributed by atoms with Gasteiger partial charge in [-0.1, -0.05) is 43.6 Å². The Morgan fingerprint density at radius 1 is 1.35 bits per heavy atom. The minimum atomic E-state index is -0.138. The second-order valence-electron chi connectivity index (χ2n) is 5.00. The SMILES string of the molecule is CCNC(c1cc(Br)ccc1F)C(C)(C)CC. The lowest BCUT2D eigenvalue weighted by molar-refractivity contribution is 0.232. The summed E-state index contributed by atoms with van der Waals surface area (Å²) in [5.74, 6) is -0.138. The van der Waals surface area contributed by atoms with E-state index < -0.39 is 0 Å². The van der Waals surface area contributed by atoms with Crippen LogP contribution in [0.2, 0.25) is 0 Å². The Morgan fingerprint density at radius 3 is 2.53 bits per heavy atom. The average molecular weight is 302 g/mol. The molecule has 1 N–H and O–H groups in total. The number of hydrogen-bond donors (Lipinski definition) is 1. The zero-order valence-electron chi connectivity index (χ0n) is 11.0. The highest BCUT2D eigenvalue weighted by molar-refractivity contribution is 9.10. The molecule has 0 aliphatic heterocycles. The number of rotatable bonds is 5. The standard InChI is InChI=1S/C14H21BrFN/c1-5-14(3,4)13(17-6-2)11-9-10(15)7-8-12(11)16/h7-9,13,17H,5-6H2,1-4H3. The minimum absolute atomic E-state index is 0.0254. The Balaban J connectivity index is 3.17. The molecular weight excluding hydrogens is 281 g/mol. The van der Waals surface area contributed by atoms with Gasteiger partial charge in [0.15, 0.2) is 0 Å². The molecule has 1 nitrogen and oxygen atoms in total. The average Bonchev–Trinajstić information content (AvgIpc) is 2.29. The van der Waals surface area contributed by atoms with Crippen molar-refractivity contribution in [3.8, 4) is 0 Å². The van der Waals surface area contributed by atoms with Crippen LogP contribution >= 0.6 is 15.9 Å². The van der Waals surface area contributed by atoms with E-state index in [0.717, 1.165) is 23.0 Å². The van der Waals surface area contributed by atoms with Crippen LogP contribution in [-0.4, -0.2) is 6.54 Å². The summed E-state index contributed by atoms with van der Waals surface area (Å²) in [6.45, 7) is 9.36. The monoisotopic (exact) mass is 301 g/mol. The van der Waals surface area contributed by atoms with Crippen molar-refractivity contribution in [3.05, 3.63) is 34.1 Å². The lowest BCUT2D eigenvalue weighted by Crippen LogP contribution is -2.34. The molecule has 1 unspecified atom stereocenters. The molecule has 1 rings (SSSR count). The summed E-state index contributed by atoms with van der Waals surface area (Å²) in [4.78, 5) is 0. The van der Waals surface area contributed by atoms with Gasteiger partial charge in [0.05, 0.1) is 0 Å². The van der Waals surface area contributed by atoms with E-state index >= 15 is 0 Å². The number of hydrogen-bond acceptors (Lipinski definition) is 1. The molecule has 0 amide bonds. The van der Waals surface area contributed by atoms with Crippen molar-refractivity contribution in [1.82, 2.24) is 5.32 Å². The van der Waals surface area contributed by atoms with Crippen molar-refractivity contribution in [1.29, 1.82) is 0 Å². The van der Waals surface area contributed by atoms with Crippen LogP contribution in [-0.2, 0) is 0 Å². The first-order valence-corrected chi connectivity index (χ1v) is 6.90. The quantitative estimate of drug-likeness (QED) is 0.833. The van der Waals surface area contributed by atoms with Gasteiger partial charge < -0.3 is 5.32 Å². The molecule has 0 saturated carbocycles. The second kappa shape index (κ2) is 5.96. The van der Waals surface area contributed by atoms with Crippen molar-refractivity contribution in [2.24, 2.45) is 5.41 Å². The number of halogens is 2. The van der Waals surface area contributed by atoms with Crippen LogP contribution in [0.5, 0.6) is 0 Å². The van der Waals surface area contributed by atoms with E-state index in [-0.39, 0.29) is 17.3 Å². The number of benzene rings is 1. The van der Waals surface area contributed by atoms with Gasteiger partial charge in [0.25, 0.3) is 0 Å². The Labute approximate surface area is 112 Å². The van der Waals surface area contributed by atoms with Gasteiger partial charge in [0.2, 0.25) is 0 Å². The zero-order valence-corrected chi connectivity index (χ0v) is 12.6. The second-order valence-corrected chi connectivity index (χ2v) is 5.91. The molecule has 0 bridgehead atoms. The van der Waals surface area contributed by atoms with Crippen molar-refractivity contribution in [2.45, 2.75) is 40.2 Å². The van der Waals surface area contributed by atoms with Gasteiger partial charge in [-0.05, 0) is 36.6 Å². The first-order valence-electron chi connectivity index (χ1n) is 6.10. The molecule has 0 radical (unpaired) electrons. The van der Waals surface area contributed by atoms with Crippen molar-refractivity contribution in [2.75, 3.05) is 6.54 Å². The molecule has 1 aromatic carbocycles. The first-order chi connectivity index (χ1) is 7.92. The molecule has 0 aliphatic rings. The van der Waals surface area contributed by atoms with Gasteiger partial charge in [-0.15, -0.1) is 0 Å². The van der Waals surface area contributed by atoms with Gasteiger partial charge in [0.1, 0.15) is 5.82 Å². The van der Waals surface area contributed by atoms with Gasteiger partial charge in [-0.3, -0.25) is 0 Å². The van der Waals surface area contributed by atoms with Crippen LogP contribution in [0.3, 0.4) is 0 Å². The molecule has 96 valence electrons. The Hall–Kier alpha value is -0.410. The molecule has 0 aliphatic carbocycles. The van der Waals surface area contributed by atoms with E-state index in [1.54, 1.807) is 6.07 Å². The summed E-state index contributed by atoms with van der Waals surface area (Å²) < 4.78 is 14.9. The van der Waals surface area contributed by atoms with E-state index in [0.29, 0.717) is 0 Å². The Morgan fingerprint density at radius 2 is 2.00 bits per heavy atom. The third-order valence-electron chi connectivity index (χ3n) is 3.37. The van der Waals surface area contributed by atoms with Crippen LogP contribution in [0.4, 0.5) is 4.39 Å². The Bertz CT molecular complexity index is 376. The van der Waals surface area contributed by atoms with Crippen LogP contribution < -0.4 is 5.32 Å². The highest BCUT2D eigenvalue weighted by Crippen LogP contribution is 2.38. The van der Waals surface area contributed by atoms with Crippen LogP contribution in [0, 0.1) is 11.2 Å². The molecule has 1 atom stereocenters. The molecule has 0 aromatic heterocycles. The lowest BCUT2D eigenvalue weighted by atomic mass is 9.78. The maximum Gasteiger partial charge on any atom is 0.128 e. The van der Waals surface area contributed by atoms with E-state index in [1.807, 2.05) is 6.07 Å². The summed E-state index contributed by atoms with van der Waals surface area (Å²) in [5.41, 5.74) is 0.769. The normalized spacial score (nSPS) is 13.8. The molecule has 0 heterocycles. The molecule has 0 saturated heterocycles. The van der Waals surface area contributed by atoms with Crippen LogP contribution in [0.25, 0.3) is 0 Å². The fourth-order valence-corrected chi connectivity index (χ4v) is 2.33. The third-order valence-corrected chi connectivity index (χ3v) is 3.86. The predicted molar refractivity (Wildman–Crippen MR) is 74.6 cm³/mol. The highest BCUT2D eigenvalue weighted by Gasteiger charge is 2.30. The number of nitrogens with one attached hydrogen (secondary N) is 1. The lowest BCUT2D eigenvalue weighted by Gasteiger charge is -2.34. The van der Waals surface area contributed by atoms with Crippen molar-refractivity contribution in [3.63, 3.8) is 0 Å². The summed E-state index contributed by atoms with van der Waals surface area (Å²) in [6, 6.07) is 5.17. The highest BCUT2D eigenvalue weighted by atomic mass is 79.9. The summed E-state index contributed by atoms with van der Waals surface area (Å²) in [6.07, 6.45) is 0.997. The topological polar surface area (TPSA) is 12.0 Å². The molecule has 0 spiro atoms. The largest absolute Gasteiger partial charge is 0.310 e. The van der Waals surface area contributed by atoms with E-state index in [1.165, 1.54) is 6.07 Å². The van der Waals surface area contributed by atoms with Crippen LogP contribution in [0.1, 0.15) is 45.7 Å². The molecule has 0 fully saturated rings. The fourth-order valence-electron chi connectivity index (χ4n) is 1.95. The van der Waals surface area contributed by atoms with E-state index in [2.05, 4.69) is 48.9 Å². The summed E-state index contributed by atoms with van der Waals surface area (Å²) in [5, 5.41) is 3.40. The van der Waals surface area contributed by atoms with Crippen LogP contribution in [0.15, 0.2) is 22.7 Å². The Kier molecular flexibility index (Phi) is 5.14. The van der Waals surface area contributed by atoms with Crippen molar-refractivity contribution < 1.29 is 4.39 Å². The summed E-state index contributed by atoms with van der Waals surface area (Å²) >= 11 is 3.41. The van der Waals surface area contributed by atoms with Gasteiger partial charge in [-0.25, -0.2) is 4.39 Å². The molecule has 1 aromatic rings. The smallest absolute Gasteiger partial charge is 0.128 e. The summed E-state index contributed by atoms with van der Waals surface area (Å²) in [7, 11) is 0. The van der Waals surface area contributed by atoms with Gasteiger partial charge in [-0.2, -0.15) is 0 Å². The molecular formula is C14H21BrFN. The van der Waals surface area contributed by atoms with Gasteiger partial charge in [0, 0.05) is 16.1 Å². The maximum atomic E-state index is 13.9. The zero-order chi connectivity index (χ0) is 13.1.